The highest BCUT2D eigenvalue weighted by molar-refractivity contribution is 5.73. The number of rotatable bonds is 11. The normalized spacial score (nSPS) is 14.9. The molecule has 1 aliphatic heterocycles. The molecule has 1 fully saturated rings. The van der Waals surface area contributed by atoms with Crippen molar-refractivity contribution in [1.29, 1.82) is 5.26 Å². The van der Waals surface area contributed by atoms with Gasteiger partial charge in [-0.3, -0.25) is 19.8 Å². The smallest absolute Gasteiger partial charge is 0.320 e. The molecule has 224 valence electrons. The van der Waals surface area contributed by atoms with Crippen LogP contribution in [0.2, 0.25) is 0 Å². The van der Waals surface area contributed by atoms with Gasteiger partial charge in [-0.05, 0) is 66.3 Å². The summed E-state index contributed by atoms with van der Waals surface area (Å²) in [6, 6.07) is 27.3. The van der Waals surface area contributed by atoms with Crippen molar-refractivity contribution in [3.8, 4) is 28.7 Å². The number of benzene rings is 4. The summed E-state index contributed by atoms with van der Waals surface area (Å²) in [6.45, 7) is 2.94. The molecule has 0 saturated carbocycles. The van der Waals surface area contributed by atoms with Crippen LogP contribution < -0.4 is 9.47 Å². The van der Waals surface area contributed by atoms with Crippen LogP contribution in [-0.2, 0) is 24.6 Å². The number of nitrogens with zero attached hydrogens (tertiary/aromatic N) is 3. The minimum absolute atomic E-state index is 0.0532. The van der Waals surface area contributed by atoms with Gasteiger partial charge in [0.2, 0.25) is 5.75 Å². The van der Waals surface area contributed by atoms with Gasteiger partial charge >= 0.3 is 11.7 Å². The maximum absolute atomic E-state index is 12.3. The predicted molar refractivity (Wildman–Crippen MR) is 165 cm³/mol. The fourth-order valence-electron chi connectivity index (χ4n) is 5.61. The van der Waals surface area contributed by atoms with Gasteiger partial charge in [0.15, 0.2) is 0 Å². The first-order chi connectivity index (χ1) is 21.3. The van der Waals surface area contributed by atoms with Gasteiger partial charge in [0.05, 0.1) is 16.6 Å². The molecule has 44 heavy (non-hydrogen) atoms. The van der Waals surface area contributed by atoms with E-state index in [1.807, 2.05) is 66.4 Å². The molecule has 1 N–H and O–H groups in total. The third-order valence-corrected chi connectivity index (χ3v) is 7.98. The van der Waals surface area contributed by atoms with Crippen molar-refractivity contribution in [3.05, 3.63) is 123 Å². The SMILES string of the molecule is Cc1c(COc2cc(OCc3cccc(C#N)c3)c(CN3CCCC[C@H]3C(=O)O)cc2[N+](=O)[O-])cccc1-c1ccccc1. The lowest BCUT2D eigenvalue weighted by Crippen LogP contribution is -2.44. The number of hydrogen-bond donors (Lipinski definition) is 1. The monoisotopic (exact) mass is 591 g/mol. The Morgan fingerprint density at radius 2 is 1.75 bits per heavy atom. The Morgan fingerprint density at radius 1 is 0.977 bits per heavy atom. The lowest BCUT2D eigenvalue weighted by molar-refractivity contribution is -0.386. The number of carboxylic acid groups (broad SMARTS) is 1. The molecule has 4 aromatic carbocycles. The molecule has 1 aliphatic rings. The van der Waals surface area contributed by atoms with Crippen molar-refractivity contribution in [2.75, 3.05) is 6.54 Å². The van der Waals surface area contributed by atoms with E-state index in [1.165, 1.54) is 12.1 Å². The highest BCUT2D eigenvalue weighted by Gasteiger charge is 2.30. The summed E-state index contributed by atoms with van der Waals surface area (Å²) >= 11 is 0. The molecule has 0 unspecified atom stereocenters. The number of nitro benzene ring substituents is 1. The standard InChI is InChI=1S/C35H33N3O6/c1-24-28(13-8-14-30(24)27-11-3-2-4-12-27)23-44-34-19-33(43-22-26-10-7-9-25(17-26)20-36)29(18-32(34)38(41)42)21-37-16-6-5-15-31(37)35(39)40/h2-4,7-14,17-19,31H,5-6,15-16,21-23H2,1H3,(H,39,40)/t31-/m0/s1. The fraction of sp³-hybridized carbons (Fsp3) is 0.257. The van der Waals surface area contributed by atoms with Gasteiger partial charge in [0, 0.05) is 24.2 Å². The molecule has 9 nitrogen and oxygen atoms in total. The maximum Gasteiger partial charge on any atom is 0.320 e. The van der Waals surface area contributed by atoms with Gasteiger partial charge in [0.25, 0.3) is 0 Å². The summed E-state index contributed by atoms with van der Waals surface area (Å²) < 4.78 is 12.3. The van der Waals surface area contributed by atoms with Crippen LogP contribution >= 0.6 is 0 Å². The van der Waals surface area contributed by atoms with E-state index in [9.17, 15) is 25.3 Å². The number of piperidine rings is 1. The van der Waals surface area contributed by atoms with Crippen LogP contribution in [0, 0.1) is 28.4 Å². The number of nitro groups is 1. The quantitative estimate of drug-likeness (QED) is 0.145. The van der Waals surface area contributed by atoms with Crippen LogP contribution in [0.1, 0.15) is 47.1 Å². The Balaban J connectivity index is 1.47. The summed E-state index contributed by atoms with van der Waals surface area (Å²) in [5.41, 5.74) is 5.53. The maximum atomic E-state index is 12.3. The first-order valence-corrected chi connectivity index (χ1v) is 14.5. The first-order valence-electron chi connectivity index (χ1n) is 14.5. The van der Waals surface area contributed by atoms with Gasteiger partial charge in [-0.2, -0.15) is 5.26 Å². The molecule has 0 radical (unpaired) electrons. The third kappa shape index (κ3) is 7.05. The van der Waals surface area contributed by atoms with E-state index in [0.717, 1.165) is 40.7 Å². The number of carbonyl (C=O) groups is 1. The number of carboxylic acids is 1. The van der Waals surface area contributed by atoms with Gasteiger partial charge < -0.3 is 14.6 Å². The molecule has 9 heteroatoms. The van der Waals surface area contributed by atoms with E-state index in [0.29, 0.717) is 29.8 Å². The Labute approximate surface area is 256 Å². The zero-order valence-corrected chi connectivity index (χ0v) is 24.4. The second kappa shape index (κ2) is 13.8. The van der Waals surface area contributed by atoms with Crippen LogP contribution in [0.15, 0.2) is 84.9 Å². The number of ether oxygens (including phenoxy) is 2. The van der Waals surface area contributed by atoms with Crippen molar-refractivity contribution in [3.63, 3.8) is 0 Å². The molecule has 1 atom stereocenters. The summed E-state index contributed by atoms with van der Waals surface area (Å²) in [4.78, 5) is 25.6. The molecular formula is C35H33N3O6. The van der Waals surface area contributed by atoms with Gasteiger partial charge in [-0.25, -0.2) is 0 Å². The topological polar surface area (TPSA) is 126 Å². The fourth-order valence-corrected chi connectivity index (χ4v) is 5.61. The zero-order chi connectivity index (χ0) is 31.1. The molecular weight excluding hydrogens is 558 g/mol. The van der Waals surface area contributed by atoms with E-state index in [2.05, 4.69) is 6.07 Å². The predicted octanol–water partition coefficient (Wildman–Crippen LogP) is 7.04. The molecule has 5 rings (SSSR count). The molecule has 0 amide bonds. The highest BCUT2D eigenvalue weighted by atomic mass is 16.6. The molecule has 1 saturated heterocycles. The van der Waals surface area contributed by atoms with E-state index in [1.54, 1.807) is 18.2 Å². The van der Waals surface area contributed by atoms with E-state index < -0.39 is 16.9 Å². The first kappa shape index (κ1) is 30.3. The number of aliphatic carboxylic acids is 1. The summed E-state index contributed by atoms with van der Waals surface area (Å²) in [5, 5.41) is 31.4. The second-order valence-electron chi connectivity index (χ2n) is 10.9. The summed E-state index contributed by atoms with van der Waals surface area (Å²) in [7, 11) is 0. The van der Waals surface area contributed by atoms with Crippen molar-refractivity contribution in [1.82, 2.24) is 4.90 Å². The molecule has 4 aromatic rings. The Kier molecular flexibility index (Phi) is 9.52. The van der Waals surface area contributed by atoms with Gasteiger partial charge in [-0.15, -0.1) is 0 Å². The third-order valence-electron chi connectivity index (χ3n) is 7.98. The van der Waals surface area contributed by atoms with Crippen molar-refractivity contribution >= 4 is 11.7 Å². The number of nitriles is 1. The van der Waals surface area contributed by atoms with Crippen LogP contribution in [0.5, 0.6) is 11.5 Å². The highest BCUT2D eigenvalue weighted by Crippen LogP contribution is 2.38. The van der Waals surface area contributed by atoms with Gasteiger partial charge in [0.1, 0.15) is 25.0 Å². The molecule has 0 aliphatic carbocycles. The summed E-state index contributed by atoms with van der Waals surface area (Å²) in [5.74, 6) is -0.502. The Bertz CT molecular complexity index is 1700. The van der Waals surface area contributed by atoms with Crippen molar-refractivity contribution in [2.24, 2.45) is 0 Å². The average molecular weight is 592 g/mol. The van der Waals surface area contributed by atoms with E-state index in [-0.39, 0.29) is 31.2 Å². The number of likely N-dealkylation sites (tertiary alicyclic amines) is 1. The van der Waals surface area contributed by atoms with Crippen molar-refractivity contribution < 1.29 is 24.3 Å². The van der Waals surface area contributed by atoms with E-state index >= 15 is 0 Å². The van der Waals surface area contributed by atoms with Crippen LogP contribution in [0.25, 0.3) is 11.1 Å². The van der Waals surface area contributed by atoms with Gasteiger partial charge in [-0.1, -0.05) is 67.1 Å². The number of hydrogen-bond acceptors (Lipinski definition) is 7. The molecule has 0 bridgehead atoms. The van der Waals surface area contributed by atoms with E-state index in [4.69, 9.17) is 9.47 Å². The Morgan fingerprint density at radius 3 is 2.50 bits per heavy atom. The molecule has 0 aromatic heterocycles. The van der Waals surface area contributed by atoms with Crippen LogP contribution in [-0.4, -0.2) is 33.5 Å². The minimum Gasteiger partial charge on any atom is -0.488 e. The summed E-state index contributed by atoms with van der Waals surface area (Å²) in [6.07, 6.45) is 2.16. The van der Waals surface area contributed by atoms with Crippen LogP contribution in [0.4, 0.5) is 5.69 Å². The minimum atomic E-state index is -0.914. The lowest BCUT2D eigenvalue weighted by atomic mass is 9.97. The Hall–Kier alpha value is -5.20. The second-order valence-corrected chi connectivity index (χ2v) is 10.9. The molecule has 0 spiro atoms. The largest absolute Gasteiger partial charge is 0.488 e. The lowest BCUT2D eigenvalue weighted by Gasteiger charge is -2.33. The van der Waals surface area contributed by atoms with Crippen LogP contribution in [0.3, 0.4) is 0 Å². The van der Waals surface area contributed by atoms with Crippen molar-refractivity contribution in [2.45, 2.75) is 52.0 Å². The average Bonchev–Trinajstić information content (AvgIpc) is 3.04. The molecule has 1 heterocycles. The zero-order valence-electron chi connectivity index (χ0n) is 24.4.